The molecule has 2 N–H and O–H groups in total. The maximum Gasteiger partial charge on any atom is 0.127 e. The van der Waals surface area contributed by atoms with Crippen LogP contribution in [0.4, 0.5) is 0 Å². The number of aliphatic hydroxyl groups excluding tert-OH is 1. The molecule has 2 heterocycles. The second-order valence-electron chi connectivity index (χ2n) is 6.04. The van der Waals surface area contributed by atoms with Gasteiger partial charge in [0.2, 0.25) is 0 Å². The number of H-pyrrole nitrogens is 1. The van der Waals surface area contributed by atoms with Crippen molar-refractivity contribution >= 4 is 22.6 Å². The summed E-state index contributed by atoms with van der Waals surface area (Å²) < 4.78 is 1.09. The van der Waals surface area contributed by atoms with Gasteiger partial charge in [-0.05, 0) is 46.6 Å². The van der Waals surface area contributed by atoms with Crippen LogP contribution in [0.3, 0.4) is 0 Å². The van der Waals surface area contributed by atoms with Crippen LogP contribution >= 0.6 is 22.6 Å². The fraction of sp³-hybridized carbons (Fsp3) is 0.438. The average molecular weight is 395 g/mol. The number of piperidine rings is 1. The summed E-state index contributed by atoms with van der Waals surface area (Å²) in [5, 5.41) is 17.0. The lowest BCUT2D eigenvalue weighted by Crippen LogP contribution is -2.35. The van der Waals surface area contributed by atoms with Crippen molar-refractivity contribution in [3.63, 3.8) is 0 Å². The zero-order valence-electron chi connectivity index (χ0n) is 11.8. The molecule has 0 unspecified atom stereocenters. The van der Waals surface area contributed by atoms with Crippen molar-refractivity contribution < 1.29 is 5.11 Å². The van der Waals surface area contributed by atoms with Gasteiger partial charge in [-0.3, -0.25) is 10.00 Å². The van der Waals surface area contributed by atoms with Gasteiger partial charge in [0, 0.05) is 37.2 Å². The van der Waals surface area contributed by atoms with Crippen LogP contribution in [0, 0.1) is 3.70 Å². The Labute approximate surface area is 137 Å². The predicted octanol–water partition coefficient (Wildman–Crippen LogP) is 2.54. The van der Waals surface area contributed by atoms with E-state index in [-0.39, 0.29) is 6.10 Å². The van der Waals surface area contributed by atoms with E-state index < -0.39 is 0 Å². The van der Waals surface area contributed by atoms with Crippen LogP contribution in [0.25, 0.3) is 11.3 Å². The van der Waals surface area contributed by atoms with Gasteiger partial charge in [-0.2, -0.15) is 5.10 Å². The number of hydrogen-bond acceptors (Lipinski definition) is 3. The summed E-state index contributed by atoms with van der Waals surface area (Å²) >= 11 is 2.30. The Morgan fingerprint density at radius 3 is 2.95 bits per heavy atom. The van der Waals surface area contributed by atoms with Crippen molar-refractivity contribution in [3.05, 3.63) is 38.6 Å². The third-order valence-electron chi connectivity index (χ3n) is 4.59. The van der Waals surface area contributed by atoms with Crippen LogP contribution in [0.15, 0.2) is 18.2 Å². The van der Waals surface area contributed by atoms with E-state index in [2.05, 4.69) is 55.9 Å². The molecule has 2 aliphatic rings. The number of halogens is 1. The molecule has 5 heteroatoms. The summed E-state index contributed by atoms with van der Waals surface area (Å²) in [6.45, 7) is 2.99. The molecule has 0 bridgehead atoms. The molecular weight excluding hydrogens is 377 g/mol. The van der Waals surface area contributed by atoms with E-state index in [1.807, 2.05) is 0 Å². The minimum atomic E-state index is -0.0964. The Morgan fingerprint density at radius 1 is 1.33 bits per heavy atom. The van der Waals surface area contributed by atoms with Gasteiger partial charge in [-0.1, -0.05) is 18.2 Å². The van der Waals surface area contributed by atoms with E-state index in [1.54, 1.807) is 0 Å². The van der Waals surface area contributed by atoms with Crippen LogP contribution in [0.1, 0.15) is 29.5 Å². The normalized spacial score (nSPS) is 18.8. The Bertz CT molecular complexity index is 674. The molecule has 1 fully saturated rings. The van der Waals surface area contributed by atoms with Gasteiger partial charge in [0.25, 0.3) is 0 Å². The quantitative estimate of drug-likeness (QED) is 0.656. The standard InChI is InChI=1S/C16H18IN3O/c17-16-14-8-11-7-10(1-2-13(11)15(14)18-19-16)9-20-5-3-12(21)4-6-20/h1-2,7,12,21H,3-6,8-9H2,(H,18,19). The summed E-state index contributed by atoms with van der Waals surface area (Å²) in [4.78, 5) is 2.44. The van der Waals surface area contributed by atoms with Crippen LogP contribution in [0.2, 0.25) is 0 Å². The highest BCUT2D eigenvalue weighted by molar-refractivity contribution is 14.1. The topological polar surface area (TPSA) is 52.1 Å². The van der Waals surface area contributed by atoms with Gasteiger partial charge in [0.1, 0.15) is 3.70 Å². The molecule has 4 nitrogen and oxygen atoms in total. The zero-order valence-corrected chi connectivity index (χ0v) is 13.9. The molecule has 1 saturated heterocycles. The molecule has 1 aromatic heterocycles. The molecule has 0 spiro atoms. The van der Waals surface area contributed by atoms with E-state index in [1.165, 1.54) is 27.9 Å². The van der Waals surface area contributed by atoms with Gasteiger partial charge in [-0.25, -0.2) is 0 Å². The van der Waals surface area contributed by atoms with Crippen molar-refractivity contribution in [2.75, 3.05) is 13.1 Å². The van der Waals surface area contributed by atoms with E-state index >= 15 is 0 Å². The number of aromatic nitrogens is 2. The minimum absolute atomic E-state index is 0.0964. The SMILES string of the molecule is OC1CCN(Cc2ccc3c(c2)Cc2c(I)n[nH]c2-3)CC1. The molecule has 0 amide bonds. The molecule has 0 saturated carbocycles. The Balaban J connectivity index is 1.53. The summed E-state index contributed by atoms with van der Waals surface area (Å²) in [5.41, 5.74) is 6.62. The summed E-state index contributed by atoms with van der Waals surface area (Å²) in [6, 6.07) is 6.79. The highest BCUT2D eigenvalue weighted by atomic mass is 127. The van der Waals surface area contributed by atoms with Crippen LogP contribution in [0.5, 0.6) is 0 Å². The molecule has 1 aromatic carbocycles. The summed E-state index contributed by atoms with van der Waals surface area (Å²) in [5.74, 6) is 0. The van der Waals surface area contributed by atoms with Gasteiger partial charge in [0.15, 0.2) is 0 Å². The lowest BCUT2D eigenvalue weighted by Gasteiger charge is -2.29. The maximum atomic E-state index is 9.59. The van der Waals surface area contributed by atoms with Crippen molar-refractivity contribution in [1.82, 2.24) is 15.1 Å². The number of hydrogen-bond donors (Lipinski definition) is 2. The first kappa shape index (κ1) is 13.7. The van der Waals surface area contributed by atoms with Crippen molar-refractivity contribution in [3.8, 4) is 11.3 Å². The molecule has 1 aliphatic heterocycles. The monoisotopic (exact) mass is 395 g/mol. The molecule has 1 aliphatic carbocycles. The maximum absolute atomic E-state index is 9.59. The lowest BCUT2D eigenvalue weighted by molar-refractivity contribution is 0.0792. The minimum Gasteiger partial charge on any atom is -0.393 e. The zero-order chi connectivity index (χ0) is 14.4. The van der Waals surface area contributed by atoms with E-state index in [4.69, 9.17) is 0 Å². The van der Waals surface area contributed by atoms with E-state index in [0.717, 1.165) is 42.6 Å². The highest BCUT2D eigenvalue weighted by Crippen LogP contribution is 2.37. The predicted molar refractivity (Wildman–Crippen MR) is 90.1 cm³/mol. The summed E-state index contributed by atoms with van der Waals surface area (Å²) in [6.07, 6.45) is 2.70. The second-order valence-corrected chi connectivity index (χ2v) is 7.07. The number of aliphatic hydroxyl groups is 1. The number of nitrogens with one attached hydrogen (secondary N) is 1. The van der Waals surface area contributed by atoms with Gasteiger partial charge < -0.3 is 5.11 Å². The fourth-order valence-electron chi connectivity index (χ4n) is 3.39. The second kappa shape index (κ2) is 5.37. The number of likely N-dealkylation sites (tertiary alicyclic amines) is 1. The Hall–Kier alpha value is -0.920. The highest BCUT2D eigenvalue weighted by Gasteiger charge is 2.24. The van der Waals surface area contributed by atoms with Crippen LogP contribution in [-0.4, -0.2) is 39.4 Å². The van der Waals surface area contributed by atoms with Gasteiger partial charge >= 0.3 is 0 Å². The number of fused-ring (bicyclic) bond motifs is 3. The van der Waals surface area contributed by atoms with E-state index in [9.17, 15) is 5.11 Å². The fourth-order valence-corrected chi connectivity index (χ4v) is 3.97. The first-order valence-corrected chi connectivity index (χ1v) is 8.54. The van der Waals surface area contributed by atoms with Crippen LogP contribution in [-0.2, 0) is 13.0 Å². The van der Waals surface area contributed by atoms with Crippen molar-refractivity contribution in [2.45, 2.75) is 31.9 Å². The number of benzene rings is 1. The third kappa shape index (κ3) is 2.51. The first-order chi connectivity index (χ1) is 10.2. The van der Waals surface area contributed by atoms with Crippen molar-refractivity contribution in [2.24, 2.45) is 0 Å². The molecule has 21 heavy (non-hydrogen) atoms. The molecule has 0 atom stereocenters. The number of rotatable bonds is 2. The number of nitrogens with zero attached hydrogens (tertiary/aromatic N) is 2. The largest absolute Gasteiger partial charge is 0.393 e. The lowest BCUT2D eigenvalue weighted by atomic mass is 10.0. The smallest absolute Gasteiger partial charge is 0.127 e. The van der Waals surface area contributed by atoms with Crippen LogP contribution < -0.4 is 0 Å². The molecule has 4 rings (SSSR count). The van der Waals surface area contributed by atoms with Gasteiger partial charge in [-0.15, -0.1) is 0 Å². The summed E-state index contributed by atoms with van der Waals surface area (Å²) in [7, 11) is 0. The Kier molecular flexibility index (Phi) is 3.51. The Morgan fingerprint density at radius 2 is 2.14 bits per heavy atom. The number of aromatic amines is 1. The molecule has 2 aromatic rings. The average Bonchev–Trinajstić information content (AvgIpc) is 3.01. The molecular formula is C16H18IN3O. The van der Waals surface area contributed by atoms with E-state index in [0.29, 0.717) is 0 Å². The van der Waals surface area contributed by atoms with Gasteiger partial charge in [0.05, 0.1) is 11.8 Å². The molecule has 0 radical (unpaired) electrons. The first-order valence-electron chi connectivity index (χ1n) is 7.46. The third-order valence-corrected chi connectivity index (χ3v) is 5.48. The molecule has 110 valence electrons. The van der Waals surface area contributed by atoms with Crippen molar-refractivity contribution in [1.29, 1.82) is 0 Å².